The predicted octanol–water partition coefficient (Wildman–Crippen LogP) is 3.39. The van der Waals surface area contributed by atoms with Crippen LogP contribution in [0.3, 0.4) is 0 Å². The molecule has 3 nitrogen and oxygen atoms in total. The highest BCUT2D eigenvalue weighted by atomic mass is 28.4. The first kappa shape index (κ1) is 21.5. The lowest BCUT2D eigenvalue weighted by Crippen LogP contribution is -2.68. The maximum atomic E-state index is 10.4. The molecular formula is C15H38O3Si3. The molecule has 0 saturated carbocycles. The van der Waals surface area contributed by atoms with Gasteiger partial charge in [-0.15, -0.1) is 0 Å². The first-order valence-electron chi connectivity index (χ1n) is 8.01. The van der Waals surface area contributed by atoms with Crippen molar-refractivity contribution in [2.75, 3.05) is 19.8 Å². The second-order valence-electron chi connectivity index (χ2n) is 9.53. The van der Waals surface area contributed by atoms with Crippen molar-refractivity contribution >= 4 is 24.2 Å². The monoisotopic (exact) mass is 350 g/mol. The minimum atomic E-state index is -1.87. The van der Waals surface area contributed by atoms with Gasteiger partial charge in [0.2, 0.25) is 0 Å². The van der Waals surface area contributed by atoms with Crippen LogP contribution in [-0.2, 0) is 0 Å². The Hall–Kier alpha value is 0.531. The third-order valence-corrected chi connectivity index (χ3v) is 21.0. The van der Waals surface area contributed by atoms with E-state index in [1.165, 1.54) is 0 Å². The van der Waals surface area contributed by atoms with Crippen LogP contribution in [0.1, 0.15) is 6.42 Å². The van der Waals surface area contributed by atoms with Crippen molar-refractivity contribution in [2.24, 2.45) is 0 Å². The Labute approximate surface area is 134 Å². The smallest absolute Gasteiger partial charge is 0.0563 e. The Kier molecular flexibility index (Phi) is 6.73. The minimum absolute atomic E-state index is 0.0355. The van der Waals surface area contributed by atoms with Gasteiger partial charge in [0.25, 0.3) is 0 Å². The van der Waals surface area contributed by atoms with E-state index in [9.17, 15) is 15.3 Å². The molecule has 0 aromatic rings. The summed E-state index contributed by atoms with van der Waals surface area (Å²) in [4.78, 5) is 0. The van der Waals surface area contributed by atoms with Gasteiger partial charge in [-0.2, -0.15) is 0 Å². The second kappa shape index (κ2) is 6.57. The van der Waals surface area contributed by atoms with E-state index in [2.05, 4.69) is 58.9 Å². The molecule has 0 aliphatic rings. The van der Waals surface area contributed by atoms with Gasteiger partial charge in [0.1, 0.15) is 0 Å². The predicted molar refractivity (Wildman–Crippen MR) is 101 cm³/mol. The van der Waals surface area contributed by atoms with E-state index in [0.29, 0.717) is 6.42 Å². The fraction of sp³-hybridized carbons (Fsp3) is 1.00. The van der Waals surface area contributed by atoms with Crippen molar-refractivity contribution in [3.8, 4) is 0 Å². The van der Waals surface area contributed by atoms with Gasteiger partial charge in [-0.3, -0.25) is 0 Å². The summed E-state index contributed by atoms with van der Waals surface area (Å²) in [6.45, 7) is 21.1. The van der Waals surface area contributed by atoms with Crippen LogP contribution in [0.25, 0.3) is 0 Å². The fourth-order valence-corrected chi connectivity index (χ4v) is 25.9. The second-order valence-corrected chi connectivity index (χ2v) is 26.2. The van der Waals surface area contributed by atoms with Crippen LogP contribution >= 0.6 is 0 Å². The molecule has 0 rings (SSSR count). The van der Waals surface area contributed by atoms with Crippen LogP contribution in [0.15, 0.2) is 0 Å². The number of aliphatic hydroxyl groups excluding tert-OH is 3. The standard InChI is InChI=1S/C15H38O3Si3/c1-19(2,3)14(12-17,13-18)15(10-11-16,20(4,5)6)21(7,8)9/h16-18H,10-13H2,1-9H3. The molecule has 3 N–H and O–H groups in total. The Bertz CT molecular complexity index is 320. The van der Waals surface area contributed by atoms with Crippen LogP contribution in [0.2, 0.25) is 68.6 Å². The average Bonchev–Trinajstić information content (AvgIpc) is 2.24. The molecule has 0 aliphatic carbocycles. The number of hydrogen-bond acceptors (Lipinski definition) is 3. The summed E-state index contributed by atoms with van der Waals surface area (Å²) in [5.74, 6) is 0. The highest BCUT2D eigenvalue weighted by Gasteiger charge is 2.67. The molecule has 128 valence electrons. The molecule has 0 unspecified atom stereocenters. The van der Waals surface area contributed by atoms with Crippen LogP contribution in [0.4, 0.5) is 0 Å². The van der Waals surface area contributed by atoms with Gasteiger partial charge in [-0.05, 0) is 11.1 Å². The molecule has 0 bridgehead atoms. The first-order chi connectivity index (χ1) is 9.18. The summed E-state index contributed by atoms with van der Waals surface area (Å²) < 4.78 is -0.0876. The van der Waals surface area contributed by atoms with E-state index in [1.54, 1.807) is 0 Å². The molecule has 0 saturated heterocycles. The van der Waals surface area contributed by atoms with Gasteiger partial charge in [0.15, 0.2) is 0 Å². The Morgan fingerprint density at radius 1 is 0.619 bits per heavy atom. The van der Waals surface area contributed by atoms with Crippen LogP contribution in [0.5, 0.6) is 0 Å². The quantitative estimate of drug-likeness (QED) is 0.588. The summed E-state index contributed by atoms with van der Waals surface area (Å²) >= 11 is 0. The van der Waals surface area contributed by atoms with Gasteiger partial charge >= 0.3 is 0 Å². The molecule has 0 aliphatic heterocycles. The lowest BCUT2D eigenvalue weighted by Gasteiger charge is -2.66. The molecule has 0 amide bonds. The van der Waals surface area contributed by atoms with Crippen molar-refractivity contribution in [1.29, 1.82) is 0 Å². The number of hydrogen-bond donors (Lipinski definition) is 3. The summed E-state index contributed by atoms with van der Waals surface area (Å²) in [5, 5.41) is 30.3. The zero-order chi connectivity index (χ0) is 17.3. The molecule has 0 spiro atoms. The highest BCUT2D eigenvalue weighted by molar-refractivity contribution is 7.01. The maximum absolute atomic E-state index is 10.4. The van der Waals surface area contributed by atoms with Crippen molar-refractivity contribution in [2.45, 2.75) is 75.0 Å². The Balaban J connectivity index is 6.74. The van der Waals surface area contributed by atoms with Crippen molar-refractivity contribution in [1.82, 2.24) is 0 Å². The van der Waals surface area contributed by atoms with Gasteiger partial charge in [0.05, 0.1) is 8.07 Å². The molecule has 0 heterocycles. The summed E-state index contributed by atoms with van der Waals surface area (Å²) in [6, 6.07) is 0. The lowest BCUT2D eigenvalue weighted by molar-refractivity contribution is 0.125. The zero-order valence-electron chi connectivity index (χ0n) is 15.7. The van der Waals surface area contributed by atoms with Crippen molar-refractivity contribution < 1.29 is 15.3 Å². The first-order valence-corrected chi connectivity index (χ1v) is 18.5. The normalized spacial score (nSPS) is 15.4. The fourth-order valence-electron chi connectivity index (χ4n) is 5.15. The average molecular weight is 351 g/mol. The third kappa shape index (κ3) is 3.26. The third-order valence-electron chi connectivity index (χ3n) is 5.84. The molecule has 6 heteroatoms. The Morgan fingerprint density at radius 3 is 1.10 bits per heavy atom. The van der Waals surface area contributed by atoms with Gasteiger partial charge in [0, 0.05) is 41.0 Å². The number of rotatable bonds is 8. The van der Waals surface area contributed by atoms with E-state index < -0.39 is 29.3 Å². The van der Waals surface area contributed by atoms with Gasteiger partial charge in [-0.25, -0.2) is 0 Å². The summed E-state index contributed by atoms with van der Waals surface area (Å²) in [6.07, 6.45) is 0.712. The van der Waals surface area contributed by atoms with Gasteiger partial charge < -0.3 is 15.3 Å². The lowest BCUT2D eigenvalue weighted by atomic mass is 10.0. The maximum Gasteiger partial charge on any atom is 0.0563 e. The Morgan fingerprint density at radius 2 is 0.952 bits per heavy atom. The topological polar surface area (TPSA) is 60.7 Å². The highest BCUT2D eigenvalue weighted by Crippen LogP contribution is 2.68. The summed E-state index contributed by atoms with van der Waals surface area (Å²) in [7, 11) is -5.40. The van der Waals surface area contributed by atoms with Crippen LogP contribution < -0.4 is 0 Å². The van der Waals surface area contributed by atoms with Crippen molar-refractivity contribution in [3.05, 3.63) is 0 Å². The van der Waals surface area contributed by atoms with E-state index in [0.717, 1.165) is 0 Å². The molecular weight excluding hydrogens is 312 g/mol. The van der Waals surface area contributed by atoms with Crippen LogP contribution in [0, 0.1) is 0 Å². The molecule has 0 radical (unpaired) electrons. The molecule has 0 atom stereocenters. The SMILES string of the molecule is C[Si](C)(C)C(CO)(CO)C(CCO)([Si](C)(C)C)[Si](C)(C)C. The zero-order valence-corrected chi connectivity index (χ0v) is 18.7. The van der Waals surface area contributed by atoms with E-state index in [1.807, 2.05) is 0 Å². The molecule has 21 heavy (non-hydrogen) atoms. The van der Waals surface area contributed by atoms with E-state index in [4.69, 9.17) is 0 Å². The number of aliphatic hydroxyl groups is 3. The van der Waals surface area contributed by atoms with Crippen molar-refractivity contribution in [3.63, 3.8) is 0 Å². The van der Waals surface area contributed by atoms with E-state index >= 15 is 0 Å². The minimum Gasteiger partial charge on any atom is -0.396 e. The molecule has 0 aromatic heterocycles. The molecule has 0 aromatic carbocycles. The largest absolute Gasteiger partial charge is 0.396 e. The van der Waals surface area contributed by atoms with E-state index in [-0.39, 0.29) is 24.5 Å². The van der Waals surface area contributed by atoms with Gasteiger partial charge in [-0.1, -0.05) is 58.9 Å². The molecule has 0 fully saturated rings. The van der Waals surface area contributed by atoms with Crippen LogP contribution in [-0.4, -0.2) is 59.4 Å². The summed E-state index contributed by atoms with van der Waals surface area (Å²) in [5.41, 5.74) is 0.